The molecule has 2 heterocycles. The molecule has 0 N–H and O–H groups in total. The number of fused-ring (bicyclic) bond motifs is 1. The maximum absolute atomic E-state index is 4.70. The third-order valence-electron chi connectivity index (χ3n) is 3.36. The van der Waals surface area contributed by atoms with E-state index in [-0.39, 0.29) is 0 Å². The molecular formula is C16H17N3. The molecule has 0 aliphatic rings. The Kier molecular flexibility index (Phi) is 2.82. The summed E-state index contributed by atoms with van der Waals surface area (Å²) in [6, 6.07) is 12.5. The number of aryl methyl sites for hydroxylation is 3. The van der Waals surface area contributed by atoms with Gasteiger partial charge in [-0.1, -0.05) is 37.3 Å². The van der Waals surface area contributed by atoms with E-state index in [0.29, 0.717) is 0 Å². The first kappa shape index (κ1) is 11.9. The maximum atomic E-state index is 4.70. The van der Waals surface area contributed by atoms with Crippen LogP contribution < -0.4 is 0 Å². The number of benzene rings is 1. The molecule has 0 aliphatic heterocycles. The van der Waals surface area contributed by atoms with Gasteiger partial charge in [-0.3, -0.25) is 0 Å². The largest absolute Gasteiger partial charge is 0.233 e. The molecule has 0 aliphatic carbocycles. The lowest BCUT2D eigenvalue weighted by Gasteiger charge is -2.03. The minimum atomic E-state index is 0.909. The molecule has 2 aromatic heterocycles. The number of hydrogen-bond acceptors (Lipinski definition) is 2. The van der Waals surface area contributed by atoms with Crippen molar-refractivity contribution < 1.29 is 0 Å². The highest BCUT2D eigenvalue weighted by Gasteiger charge is 2.15. The standard InChI is InChI=1S/C16H17N3/c1-4-14-15(13-8-6-5-7-9-13)16-17-11(2)10-12(3)19(16)18-14/h5-10H,4H2,1-3H3. The van der Waals surface area contributed by atoms with Crippen molar-refractivity contribution in [2.45, 2.75) is 27.2 Å². The Morgan fingerprint density at radius 2 is 1.84 bits per heavy atom. The second kappa shape index (κ2) is 4.50. The SMILES string of the molecule is CCc1nn2c(C)cc(C)nc2c1-c1ccccc1. The predicted molar refractivity (Wildman–Crippen MR) is 77.3 cm³/mol. The van der Waals surface area contributed by atoms with Crippen LogP contribution in [0.3, 0.4) is 0 Å². The summed E-state index contributed by atoms with van der Waals surface area (Å²) in [5, 5.41) is 4.70. The molecule has 3 nitrogen and oxygen atoms in total. The zero-order valence-corrected chi connectivity index (χ0v) is 11.5. The van der Waals surface area contributed by atoms with E-state index >= 15 is 0 Å². The fraction of sp³-hybridized carbons (Fsp3) is 0.250. The van der Waals surface area contributed by atoms with E-state index in [4.69, 9.17) is 5.10 Å². The van der Waals surface area contributed by atoms with Gasteiger partial charge in [0.15, 0.2) is 5.65 Å². The van der Waals surface area contributed by atoms with E-state index in [2.05, 4.69) is 49.2 Å². The van der Waals surface area contributed by atoms with Crippen LogP contribution in [-0.2, 0) is 6.42 Å². The van der Waals surface area contributed by atoms with Crippen LogP contribution in [0, 0.1) is 13.8 Å². The lowest BCUT2D eigenvalue weighted by molar-refractivity contribution is 0.850. The fourth-order valence-electron chi connectivity index (χ4n) is 2.51. The molecule has 0 atom stereocenters. The van der Waals surface area contributed by atoms with Crippen molar-refractivity contribution >= 4 is 5.65 Å². The van der Waals surface area contributed by atoms with Gasteiger partial charge in [0, 0.05) is 17.0 Å². The molecular weight excluding hydrogens is 234 g/mol. The van der Waals surface area contributed by atoms with Crippen LogP contribution in [-0.4, -0.2) is 14.6 Å². The molecule has 3 heteroatoms. The molecule has 0 amide bonds. The van der Waals surface area contributed by atoms with Gasteiger partial charge in [-0.2, -0.15) is 5.10 Å². The smallest absolute Gasteiger partial charge is 0.163 e. The summed E-state index contributed by atoms with van der Waals surface area (Å²) in [7, 11) is 0. The molecule has 0 saturated heterocycles. The van der Waals surface area contributed by atoms with Gasteiger partial charge in [0.2, 0.25) is 0 Å². The van der Waals surface area contributed by atoms with Crippen molar-refractivity contribution in [3.05, 3.63) is 53.5 Å². The highest BCUT2D eigenvalue weighted by atomic mass is 15.3. The Morgan fingerprint density at radius 1 is 1.11 bits per heavy atom. The van der Waals surface area contributed by atoms with E-state index in [0.717, 1.165) is 34.7 Å². The first-order chi connectivity index (χ1) is 9.20. The zero-order chi connectivity index (χ0) is 13.4. The zero-order valence-electron chi connectivity index (χ0n) is 11.5. The second-order valence-corrected chi connectivity index (χ2v) is 4.82. The Bertz CT molecular complexity index is 727. The Balaban J connectivity index is 2.39. The Labute approximate surface area is 112 Å². The van der Waals surface area contributed by atoms with Crippen LogP contribution in [0.5, 0.6) is 0 Å². The van der Waals surface area contributed by atoms with Crippen LogP contribution in [0.15, 0.2) is 36.4 Å². The van der Waals surface area contributed by atoms with Crippen molar-refractivity contribution in [1.82, 2.24) is 14.6 Å². The molecule has 0 radical (unpaired) electrons. The highest BCUT2D eigenvalue weighted by molar-refractivity contribution is 5.80. The average molecular weight is 251 g/mol. The van der Waals surface area contributed by atoms with Crippen LogP contribution in [0.1, 0.15) is 24.0 Å². The summed E-state index contributed by atoms with van der Waals surface area (Å²) in [6.07, 6.45) is 0.909. The van der Waals surface area contributed by atoms with Crippen molar-refractivity contribution in [2.75, 3.05) is 0 Å². The number of nitrogens with zero attached hydrogens (tertiary/aromatic N) is 3. The van der Waals surface area contributed by atoms with Gasteiger partial charge < -0.3 is 0 Å². The fourth-order valence-corrected chi connectivity index (χ4v) is 2.51. The lowest BCUT2D eigenvalue weighted by Crippen LogP contribution is -1.97. The monoisotopic (exact) mass is 251 g/mol. The normalized spacial score (nSPS) is 11.1. The van der Waals surface area contributed by atoms with Gasteiger partial charge in [-0.25, -0.2) is 9.50 Å². The van der Waals surface area contributed by atoms with E-state index < -0.39 is 0 Å². The van der Waals surface area contributed by atoms with E-state index in [1.165, 1.54) is 5.56 Å². The summed E-state index contributed by atoms with van der Waals surface area (Å²) in [6.45, 7) is 6.24. The minimum Gasteiger partial charge on any atom is -0.233 e. The van der Waals surface area contributed by atoms with Gasteiger partial charge in [-0.05, 0) is 31.9 Å². The molecule has 1 aromatic carbocycles. The minimum absolute atomic E-state index is 0.909. The third-order valence-corrected chi connectivity index (χ3v) is 3.36. The van der Waals surface area contributed by atoms with E-state index in [1.807, 2.05) is 17.5 Å². The molecule has 0 spiro atoms. The van der Waals surface area contributed by atoms with Gasteiger partial charge in [0.1, 0.15) is 0 Å². The third kappa shape index (κ3) is 1.91. The molecule has 0 fully saturated rings. The van der Waals surface area contributed by atoms with E-state index in [1.54, 1.807) is 0 Å². The summed E-state index contributed by atoms with van der Waals surface area (Å²) in [5.41, 5.74) is 6.57. The predicted octanol–water partition coefficient (Wildman–Crippen LogP) is 3.58. The first-order valence-electron chi connectivity index (χ1n) is 6.62. The van der Waals surface area contributed by atoms with Crippen LogP contribution >= 0.6 is 0 Å². The number of rotatable bonds is 2. The van der Waals surface area contributed by atoms with Crippen molar-refractivity contribution in [2.24, 2.45) is 0 Å². The molecule has 96 valence electrons. The maximum Gasteiger partial charge on any atom is 0.163 e. The highest BCUT2D eigenvalue weighted by Crippen LogP contribution is 2.28. The molecule has 0 unspecified atom stereocenters. The Morgan fingerprint density at radius 3 is 2.53 bits per heavy atom. The quantitative estimate of drug-likeness (QED) is 0.697. The van der Waals surface area contributed by atoms with Crippen LogP contribution in [0.4, 0.5) is 0 Å². The lowest BCUT2D eigenvalue weighted by atomic mass is 10.0. The first-order valence-corrected chi connectivity index (χ1v) is 6.62. The molecule has 0 bridgehead atoms. The van der Waals surface area contributed by atoms with Gasteiger partial charge in [0.25, 0.3) is 0 Å². The van der Waals surface area contributed by atoms with Gasteiger partial charge in [0.05, 0.1) is 5.69 Å². The summed E-state index contributed by atoms with van der Waals surface area (Å²) in [4.78, 5) is 4.68. The van der Waals surface area contributed by atoms with Gasteiger partial charge in [-0.15, -0.1) is 0 Å². The molecule has 19 heavy (non-hydrogen) atoms. The van der Waals surface area contributed by atoms with Crippen molar-refractivity contribution in [3.8, 4) is 11.1 Å². The number of hydrogen-bond donors (Lipinski definition) is 0. The van der Waals surface area contributed by atoms with Crippen LogP contribution in [0.2, 0.25) is 0 Å². The van der Waals surface area contributed by atoms with Crippen LogP contribution in [0.25, 0.3) is 16.8 Å². The molecule has 3 aromatic rings. The summed E-state index contributed by atoms with van der Waals surface area (Å²) in [5.74, 6) is 0. The Hall–Kier alpha value is -2.16. The topological polar surface area (TPSA) is 30.2 Å². The van der Waals surface area contributed by atoms with E-state index in [9.17, 15) is 0 Å². The number of aromatic nitrogens is 3. The van der Waals surface area contributed by atoms with Crippen molar-refractivity contribution in [1.29, 1.82) is 0 Å². The summed E-state index contributed by atoms with van der Waals surface area (Å²) >= 11 is 0. The second-order valence-electron chi connectivity index (χ2n) is 4.82. The average Bonchev–Trinajstić information content (AvgIpc) is 2.78. The molecule has 0 saturated carbocycles. The van der Waals surface area contributed by atoms with Crippen molar-refractivity contribution in [3.63, 3.8) is 0 Å². The van der Waals surface area contributed by atoms with Gasteiger partial charge >= 0.3 is 0 Å². The molecule has 3 rings (SSSR count). The summed E-state index contributed by atoms with van der Waals surface area (Å²) < 4.78 is 1.95.